The van der Waals surface area contributed by atoms with Crippen molar-refractivity contribution in [2.75, 3.05) is 6.54 Å². The molecule has 1 aromatic heterocycles. The summed E-state index contributed by atoms with van der Waals surface area (Å²) < 4.78 is 6.16. The Balaban J connectivity index is 1.47. The van der Waals surface area contributed by atoms with Crippen LogP contribution in [0.25, 0.3) is 11.3 Å². The first kappa shape index (κ1) is 15.2. The molecular formula is C20H22N2O2. The molecule has 4 nitrogen and oxygen atoms in total. The number of aryl methyl sites for hydroxylation is 1. The van der Waals surface area contributed by atoms with Gasteiger partial charge >= 0.3 is 0 Å². The van der Waals surface area contributed by atoms with E-state index in [1.165, 1.54) is 18.4 Å². The maximum absolute atomic E-state index is 11.9. The molecule has 2 aromatic rings. The molecule has 124 valence electrons. The number of hydrogen-bond donors (Lipinski definition) is 1. The van der Waals surface area contributed by atoms with Crippen molar-refractivity contribution in [1.29, 1.82) is 0 Å². The molecular weight excluding hydrogens is 300 g/mol. The van der Waals surface area contributed by atoms with Gasteiger partial charge in [0.25, 0.3) is 0 Å². The molecule has 24 heavy (non-hydrogen) atoms. The molecule has 4 heteroatoms. The van der Waals surface area contributed by atoms with E-state index in [0.717, 1.165) is 29.0 Å². The second-order valence-electron chi connectivity index (χ2n) is 6.86. The zero-order valence-corrected chi connectivity index (χ0v) is 13.9. The summed E-state index contributed by atoms with van der Waals surface area (Å²) in [7, 11) is 0. The quantitative estimate of drug-likeness (QED) is 0.919. The van der Waals surface area contributed by atoms with Crippen LogP contribution >= 0.6 is 0 Å². The average molecular weight is 322 g/mol. The van der Waals surface area contributed by atoms with E-state index in [2.05, 4.69) is 41.5 Å². The highest BCUT2D eigenvalue weighted by Crippen LogP contribution is 2.39. The van der Waals surface area contributed by atoms with Crippen LogP contribution in [-0.4, -0.2) is 23.5 Å². The van der Waals surface area contributed by atoms with Crippen molar-refractivity contribution < 1.29 is 9.53 Å². The molecule has 4 rings (SSSR count). The summed E-state index contributed by atoms with van der Waals surface area (Å²) >= 11 is 0. The number of carbonyl (C=O) groups is 1. The molecule has 1 aliphatic carbocycles. The van der Waals surface area contributed by atoms with E-state index in [1.807, 2.05) is 12.3 Å². The Hall–Kier alpha value is -2.36. The average Bonchev–Trinajstić information content (AvgIpc) is 3.28. The lowest BCUT2D eigenvalue weighted by Gasteiger charge is -2.14. The summed E-state index contributed by atoms with van der Waals surface area (Å²) in [5.74, 6) is 1.68. The molecule has 0 unspecified atom stereocenters. The normalized spacial score (nSPS) is 18.8. The number of benzene rings is 1. The van der Waals surface area contributed by atoms with Crippen LogP contribution in [0.5, 0.6) is 5.75 Å². The summed E-state index contributed by atoms with van der Waals surface area (Å²) in [6.07, 6.45) is 5.72. The second-order valence-corrected chi connectivity index (χ2v) is 6.86. The minimum atomic E-state index is 0.00771. The fraction of sp³-hybridized carbons (Fsp3) is 0.400. The van der Waals surface area contributed by atoms with E-state index in [0.29, 0.717) is 18.9 Å². The van der Waals surface area contributed by atoms with Gasteiger partial charge in [-0.3, -0.25) is 9.78 Å². The van der Waals surface area contributed by atoms with E-state index in [9.17, 15) is 4.79 Å². The Morgan fingerprint density at radius 3 is 2.96 bits per heavy atom. The lowest BCUT2D eigenvalue weighted by molar-refractivity contribution is -0.121. The summed E-state index contributed by atoms with van der Waals surface area (Å²) in [5, 5.41) is 3.02. The van der Waals surface area contributed by atoms with Crippen molar-refractivity contribution in [3.63, 3.8) is 0 Å². The molecule has 1 amide bonds. The maximum atomic E-state index is 11.9. The zero-order valence-electron chi connectivity index (χ0n) is 13.9. The molecule has 1 fully saturated rings. The van der Waals surface area contributed by atoms with Gasteiger partial charge in [-0.2, -0.15) is 0 Å². The van der Waals surface area contributed by atoms with Gasteiger partial charge in [0.1, 0.15) is 11.9 Å². The number of aromatic nitrogens is 1. The van der Waals surface area contributed by atoms with Gasteiger partial charge in [-0.1, -0.05) is 18.2 Å². The monoisotopic (exact) mass is 322 g/mol. The number of rotatable bonds is 5. The van der Waals surface area contributed by atoms with Crippen LogP contribution in [0.1, 0.15) is 30.4 Å². The van der Waals surface area contributed by atoms with Crippen molar-refractivity contribution in [3.05, 3.63) is 47.7 Å². The summed E-state index contributed by atoms with van der Waals surface area (Å²) in [4.78, 5) is 16.4. The predicted octanol–water partition coefficient (Wildman–Crippen LogP) is 3.28. The highest BCUT2D eigenvalue weighted by Gasteiger charge is 2.28. The fourth-order valence-corrected chi connectivity index (χ4v) is 3.29. The molecule has 2 heterocycles. The van der Waals surface area contributed by atoms with Crippen LogP contribution in [0.3, 0.4) is 0 Å². The van der Waals surface area contributed by atoms with Crippen LogP contribution in [0.4, 0.5) is 0 Å². The van der Waals surface area contributed by atoms with E-state index in [1.54, 1.807) is 0 Å². The van der Waals surface area contributed by atoms with Crippen molar-refractivity contribution in [1.82, 2.24) is 10.3 Å². The Kier molecular flexibility index (Phi) is 3.97. The third kappa shape index (κ3) is 3.14. The standard InChI is InChI=1S/C20H22N2O2/c1-13-4-3-9-21-19(13)17-6-2-5-15-11-16(24-20(15)17)12-22-18(23)10-14-7-8-14/h2-6,9,14,16H,7-8,10-12H2,1H3,(H,22,23)/t16-/m0/s1. The number of nitrogens with one attached hydrogen (secondary N) is 1. The minimum Gasteiger partial charge on any atom is -0.487 e. The first-order chi connectivity index (χ1) is 11.7. The molecule has 1 atom stereocenters. The van der Waals surface area contributed by atoms with Crippen molar-refractivity contribution >= 4 is 5.91 Å². The third-order valence-electron chi connectivity index (χ3n) is 4.79. The number of hydrogen-bond acceptors (Lipinski definition) is 3. The number of nitrogens with zero attached hydrogens (tertiary/aromatic N) is 1. The van der Waals surface area contributed by atoms with Crippen LogP contribution in [-0.2, 0) is 11.2 Å². The predicted molar refractivity (Wildman–Crippen MR) is 92.9 cm³/mol. The van der Waals surface area contributed by atoms with Crippen LogP contribution < -0.4 is 10.1 Å². The largest absolute Gasteiger partial charge is 0.487 e. The Bertz CT molecular complexity index is 768. The Labute approximate surface area is 142 Å². The van der Waals surface area contributed by atoms with Gasteiger partial charge in [-0.05, 0) is 48.9 Å². The molecule has 1 N–H and O–H groups in total. The SMILES string of the molecule is Cc1cccnc1-c1cccc2c1O[C@H](CNC(=O)CC1CC1)C2. The Morgan fingerprint density at radius 2 is 2.17 bits per heavy atom. The van der Waals surface area contributed by atoms with Gasteiger partial charge in [-0.15, -0.1) is 0 Å². The van der Waals surface area contributed by atoms with Gasteiger partial charge in [0, 0.05) is 24.6 Å². The molecule has 1 saturated carbocycles. The molecule has 0 saturated heterocycles. The lowest BCUT2D eigenvalue weighted by Crippen LogP contribution is -2.34. The van der Waals surface area contributed by atoms with E-state index < -0.39 is 0 Å². The molecule has 0 spiro atoms. The van der Waals surface area contributed by atoms with Gasteiger partial charge in [-0.25, -0.2) is 0 Å². The molecule has 1 aliphatic heterocycles. The van der Waals surface area contributed by atoms with Crippen LogP contribution in [0, 0.1) is 12.8 Å². The number of fused-ring (bicyclic) bond motifs is 1. The smallest absolute Gasteiger partial charge is 0.220 e. The topological polar surface area (TPSA) is 51.2 Å². The van der Waals surface area contributed by atoms with Gasteiger partial charge < -0.3 is 10.1 Å². The number of para-hydroxylation sites is 1. The molecule has 0 bridgehead atoms. The first-order valence-corrected chi connectivity index (χ1v) is 8.68. The van der Waals surface area contributed by atoms with Crippen LogP contribution in [0.15, 0.2) is 36.5 Å². The Morgan fingerprint density at radius 1 is 1.29 bits per heavy atom. The van der Waals surface area contributed by atoms with Crippen molar-refractivity contribution in [3.8, 4) is 17.0 Å². The number of carbonyl (C=O) groups excluding carboxylic acids is 1. The highest BCUT2D eigenvalue weighted by atomic mass is 16.5. The molecule has 0 radical (unpaired) electrons. The lowest BCUT2D eigenvalue weighted by atomic mass is 10.0. The van der Waals surface area contributed by atoms with E-state index in [4.69, 9.17) is 4.74 Å². The van der Waals surface area contributed by atoms with Gasteiger partial charge in [0.15, 0.2) is 0 Å². The van der Waals surface area contributed by atoms with Crippen molar-refractivity contribution in [2.24, 2.45) is 5.92 Å². The van der Waals surface area contributed by atoms with Gasteiger partial charge in [0.05, 0.1) is 12.2 Å². The molecule has 2 aliphatic rings. The maximum Gasteiger partial charge on any atom is 0.220 e. The van der Waals surface area contributed by atoms with E-state index >= 15 is 0 Å². The van der Waals surface area contributed by atoms with Crippen molar-refractivity contribution in [2.45, 2.75) is 38.7 Å². The number of ether oxygens (including phenoxy) is 1. The van der Waals surface area contributed by atoms with Gasteiger partial charge in [0.2, 0.25) is 5.91 Å². The third-order valence-corrected chi connectivity index (χ3v) is 4.79. The summed E-state index contributed by atoms with van der Waals surface area (Å²) in [6.45, 7) is 2.63. The number of pyridine rings is 1. The first-order valence-electron chi connectivity index (χ1n) is 8.68. The van der Waals surface area contributed by atoms with E-state index in [-0.39, 0.29) is 12.0 Å². The number of amides is 1. The molecule has 1 aromatic carbocycles. The van der Waals surface area contributed by atoms with Crippen LogP contribution in [0.2, 0.25) is 0 Å². The second kappa shape index (κ2) is 6.27. The highest BCUT2D eigenvalue weighted by molar-refractivity contribution is 5.76. The summed E-state index contributed by atoms with van der Waals surface area (Å²) in [6, 6.07) is 10.2. The summed E-state index contributed by atoms with van der Waals surface area (Å²) in [5.41, 5.74) is 4.33. The fourth-order valence-electron chi connectivity index (χ4n) is 3.29. The zero-order chi connectivity index (χ0) is 16.5. The minimum absolute atomic E-state index is 0.00771.